The molecule has 1 aromatic carbocycles. The average molecular weight is 282 g/mol. The zero-order valence-electron chi connectivity index (χ0n) is 11.8. The number of carbonyl (C=O) groups is 2. The molecule has 0 radical (unpaired) electrons. The summed E-state index contributed by atoms with van der Waals surface area (Å²) in [5, 5.41) is 11.7. The first kappa shape index (κ1) is 16.1. The van der Waals surface area contributed by atoms with Crippen LogP contribution in [0.2, 0.25) is 0 Å². The van der Waals surface area contributed by atoms with E-state index in [1.807, 2.05) is 0 Å². The van der Waals surface area contributed by atoms with Gasteiger partial charge in [0.25, 0.3) is 0 Å². The second kappa shape index (κ2) is 6.47. The largest absolute Gasteiger partial charge is 0.480 e. The first-order valence-corrected chi connectivity index (χ1v) is 6.31. The predicted molar refractivity (Wildman–Crippen MR) is 74.0 cm³/mol. The Morgan fingerprint density at radius 1 is 1.40 bits per heavy atom. The van der Waals surface area contributed by atoms with Gasteiger partial charge in [-0.3, -0.25) is 14.5 Å². The molecule has 0 unspecified atom stereocenters. The molecule has 5 nitrogen and oxygen atoms in total. The highest BCUT2D eigenvalue weighted by atomic mass is 19.1. The van der Waals surface area contributed by atoms with E-state index in [2.05, 4.69) is 5.32 Å². The standard InChI is InChI=1S/C14H19FN2O3/c1-4-17(14(2,3)13(19)20)9-12(18)16-11-7-5-6-10(15)8-11/h5-8H,4,9H2,1-3H3,(H,16,18)(H,19,20). The van der Waals surface area contributed by atoms with Crippen LogP contribution >= 0.6 is 0 Å². The number of nitrogens with zero attached hydrogens (tertiary/aromatic N) is 1. The van der Waals surface area contributed by atoms with Crippen LogP contribution < -0.4 is 5.32 Å². The number of hydrogen-bond acceptors (Lipinski definition) is 3. The molecule has 6 heteroatoms. The number of carboxylic acid groups (broad SMARTS) is 1. The highest BCUT2D eigenvalue weighted by Gasteiger charge is 2.34. The molecular weight excluding hydrogens is 263 g/mol. The highest BCUT2D eigenvalue weighted by molar-refractivity contribution is 5.92. The first-order valence-electron chi connectivity index (χ1n) is 6.31. The third kappa shape index (κ3) is 4.03. The number of aliphatic carboxylic acids is 1. The topological polar surface area (TPSA) is 69.6 Å². The second-order valence-corrected chi connectivity index (χ2v) is 4.94. The molecule has 1 rings (SSSR count). The number of halogens is 1. The monoisotopic (exact) mass is 282 g/mol. The minimum Gasteiger partial charge on any atom is -0.480 e. The Balaban J connectivity index is 2.71. The lowest BCUT2D eigenvalue weighted by molar-refractivity contribution is -0.149. The van der Waals surface area contributed by atoms with Gasteiger partial charge in [-0.25, -0.2) is 4.39 Å². The maximum absolute atomic E-state index is 13.0. The van der Waals surface area contributed by atoms with Crippen molar-refractivity contribution in [3.63, 3.8) is 0 Å². The molecule has 1 aromatic rings. The van der Waals surface area contributed by atoms with Crippen molar-refractivity contribution in [3.05, 3.63) is 30.1 Å². The van der Waals surface area contributed by atoms with Crippen molar-refractivity contribution in [2.24, 2.45) is 0 Å². The Morgan fingerprint density at radius 2 is 2.05 bits per heavy atom. The first-order chi connectivity index (χ1) is 9.27. The molecule has 110 valence electrons. The van der Waals surface area contributed by atoms with E-state index in [9.17, 15) is 14.0 Å². The zero-order chi connectivity index (χ0) is 15.3. The molecule has 2 N–H and O–H groups in total. The molecule has 0 atom stereocenters. The molecule has 20 heavy (non-hydrogen) atoms. The van der Waals surface area contributed by atoms with Gasteiger partial charge in [-0.15, -0.1) is 0 Å². The third-order valence-corrected chi connectivity index (χ3v) is 3.14. The lowest BCUT2D eigenvalue weighted by Gasteiger charge is -2.33. The average Bonchev–Trinajstić information content (AvgIpc) is 2.35. The molecule has 0 spiro atoms. The van der Waals surface area contributed by atoms with Crippen LogP contribution in [-0.4, -0.2) is 40.5 Å². The van der Waals surface area contributed by atoms with Crippen molar-refractivity contribution < 1.29 is 19.1 Å². The van der Waals surface area contributed by atoms with Gasteiger partial charge >= 0.3 is 5.97 Å². The molecule has 0 saturated heterocycles. The van der Waals surface area contributed by atoms with Gasteiger partial charge in [-0.1, -0.05) is 13.0 Å². The second-order valence-electron chi connectivity index (χ2n) is 4.94. The van der Waals surface area contributed by atoms with E-state index in [1.54, 1.807) is 13.0 Å². The number of rotatable bonds is 6. The molecule has 0 fully saturated rings. The van der Waals surface area contributed by atoms with E-state index in [-0.39, 0.29) is 12.5 Å². The van der Waals surface area contributed by atoms with Crippen LogP contribution in [0.4, 0.5) is 10.1 Å². The number of nitrogens with one attached hydrogen (secondary N) is 1. The summed E-state index contributed by atoms with van der Waals surface area (Å²) in [5.74, 6) is -1.83. The van der Waals surface area contributed by atoms with Crippen LogP contribution in [0.1, 0.15) is 20.8 Å². The Bertz CT molecular complexity index is 503. The van der Waals surface area contributed by atoms with Gasteiger partial charge in [0.05, 0.1) is 6.54 Å². The van der Waals surface area contributed by atoms with Gasteiger partial charge in [-0.2, -0.15) is 0 Å². The maximum atomic E-state index is 13.0. The van der Waals surface area contributed by atoms with Crippen molar-refractivity contribution >= 4 is 17.6 Å². The van der Waals surface area contributed by atoms with Gasteiger partial charge in [0, 0.05) is 5.69 Å². The van der Waals surface area contributed by atoms with Crippen molar-refractivity contribution in [2.75, 3.05) is 18.4 Å². The number of hydrogen-bond donors (Lipinski definition) is 2. The SMILES string of the molecule is CCN(CC(=O)Nc1cccc(F)c1)C(C)(C)C(=O)O. The van der Waals surface area contributed by atoms with Crippen LogP contribution in [-0.2, 0) is 9.59 Å². The van der Waals surface area contributed by atoms with Crippen molar-refractivity contribution in [3.8, 4) is 0 Å². The molecule has 0 bridgehead atoms. The summed E-state index contributed by atoms with van der Waals surface area (Å²) in [7, 11) is 0. The molecule has 0 heterocycles. The Kier molecular flexibility index (Phi) is 5.21. The lowest BCUT2D eigenvalue weighted by Crippen LogP contribution is -2.52. The Hall–Kier alpha value is -1.95. The van der Waals surface area contributed by atoms with Gasteiger partial charge < -0.3 is 10.4 Å². The van der Waals surface area contributed by atoms with E-state index < -0.39 is 17.3 Å². The normalized spacial score (nSPS) is 11.4. The molecule has 0 aliphatic rings. The van der Waals surface area contributed by atoms with E-state index >= 15 is 0 Å². The molecular formula is C14H19FN2O3. The Morgan fingerprint density at radius 3 is 2.55 bits per heavy atom. The number of carbonyl (C=O) groups excluding carboxylic acids is 1. The fourth-order valence-corrected chi connectivity index (χ4v) is 1.78. The maximum Gasteiger partial charge on any atom is 0.323 e. The van der Waals surface area contributed by atoms with Gasteiger partial charge in [0.1, 0.15) is 11.4 Å². The summed E-state index contributed by atoms with van der Waals surface area (Å²) < 4.78 is 13.0. The highest BCUT2D eigenvalue weighted by Crippen LogP contribution is 2.15. The molecule has 1 amide bonds. The molecule has 0 aliphatic carbocycles. The summed E-state index contributed by atoms with van der Waals surface area (Å²) in [6.45, 7) is 5.19. The predicted octanol–water partition coefficient (Wildman–Crippen LogP) is 1.95. The minimum absolute atomic E-state index is 0.0771. The zero-order valence-corrected chi connectivity index (χ0v) is 11.8. The van der Waals surface area contributed by atoms with Crippen molar-refractivity contribution in [2.45, 2.75) is 26.3 Å². The van der Waals surface area contributed by atoms with Crippen LogP contribution in [0, 0.1) is 5.82 Å². The number of amides is 1. The van der Waals surface area contributed by atoms with Crippen molar-refractivity contribution in [1.29, 1.82) is 0 Å². The van der Waals surface area contributed by atoms with E-state index in [1.165, 1.54) is 36.9 Å². The quantitative estimate of drug-likeness (QED) is 0.836. The van der Waals surface area contributed by atoms with Crippen molar-refractivity contribution in [1.82, 2.24) is 4.90 Å². The van der Waals surface area contributed by atoms with Crippen LogP contribution in [0.5, 0.6) is 0 Å². The van der Waals surface area contributed by atoms with E-state index in [0.717, 1.165) is 0 Å². The van der Waals surface area contributed by atoms with Crippen LogP contribution in [0.15, 0.2) is 24.3 Å². The van der Waals surface area contributed by atoms with E-state index in [0.29, 0.717) is 12.2 Å². The number of carboxylic acids is 1. The van der Waals surface area contributed by atoms with Crippen LogP contribution in [0.3, 0.4) is 0 Å². The van der Waals surface area contributed by atoms with Crippen LogP contribution in [0.25, 0.3) is 0 Å². The summed E-state index contributed by atoms with van der Waals surface area (Å²) in [5.41, 5.74) is -0.798. The molecule has 0 aliphatic heterocycles. The summed E-state index contributed by atoms with van der Waals surface area (Å²) in [4.78, 5) is 24.6. The molecule has 0 saturated carbocycles. The van der Waals surface area contributed by atoms with E-state index in [4.69, 9.17) is 5.11 Å². The third-order valence-electron chi connectivity index (χ3n) is 3.14. The number of likely N-dealkylation sites (N-methyl/N-ethyl adjacent to an activating group) is 1. The van der Waals surface area contributed by atoms with Gasteiger partial charge in [0.2, 0.25) is 5.91 Å². The minimum atomic E-state index is -1.14. The number of anilines is 1. The lowest BCUT2D eigenvalue weighted by atomic mass is 10.0. The smallest absolute Gasteiger partial charge is 0.323 e. The summed E-state index contributed by atoms with van der Waals surface area (Å²) in [6.07, 6.45) is 0. The van der Waals surface area contributed by atoms with Gasteiger partial charge in [0.15, 0.2) is 0 Å². The molecule has 0 aromatic heterocycles. The summed E-state index contributed by atoms with van der Waals surface area (Å²) >= 11 is 0. The fourth-order valence-electron chi connectivity index (χ4n) is 1.78. The number of benzene rings is 1. The van der Waals surface area contributed by atoms with Gasteiger partial charge in [-0.05, 0) is 38.6 Å². The summed E-state index contributed by atoms with van der Waals surface area (Å²) in [6, 6.07) is 5.54. The Labute approximate surface area is 117 Å². The fraction of sp³-hybridized carbons (Fsp3) is 0.429.